The van der Waals surface area contributed by atoms with Gasteiger partial charge in [0.05, 0.1) is 18.6 Å². The predicted molar refractivity (Wildman–Crippen MR) is 181 cm³/mol. The fourth-order valence-electron chi connectivity index (χ4n) is 8.30. The topological polar surface area (TPSA) is 125 Å². The number of cyclic esters (lactones) is 1. The average molecular weight is 664 g/mol. The van der Waals surface area contributed by atoms with Crippen LogP contribution in [0.15, 0.2) is 54.6 Å². The van der Waals surface area contributed by atoms with E-state index in [1.54, 1.807) is 11.0 Å². The van der Waals surface area contributed by atoms with Crippen LogP contribution in [0.4, 0.5) is 0 Å². The number of amides is 3. The van der Waals surface area contributed by atoms with Crippen LogP contribution in [0.25, 0.3) is 0 Å². The van der Waals surface area contributed by atoms with E-state index in [2.05, 4.69) is 39.9 Å². The number of rotatable bonds is 9. The van der Waals surface area contributed by atoms with Crippen molar-refractivity contribution in [3.8, 4) is 0 Å². The number of esters is 1. The second-order valence-corrected chi connectivity index (χ2v) is 15.5. The summed E-state index contributed by atoms with van der Waals surface area (Å²) >= 11 is 0. The molecule has 6 atom stereocenters. The zero-order valence-corrected chi connectivity index (χ0v) is 29.2. The molecule has 5 rings (SSSR count). The minimum Gasteiger partial charge on any atom is -0.455 e. The van der Waals surface area contributed by atoms with E-state index in [0.717, 1.165) is 18.4 Å². The maximum atomic E-state index is 15.1. The third-order valence-corrected chi connectivity index (χ3v) is 10.1. The van der Waals surface area contributed by atoms with Crippen LogP contribution < -0.4 is 5.32 Å². The van der Waals surface area contributed by atoms with Gasteiger partial charge in [-0.05, 0) is 50.5 Å². The summed E-state index contributed by atoms with van der Waals surface area (Å²) in [6.07, 6.45) is 10.4. The molecule has 10 nitrogen and oxygen atoms in total. The van der Waals surface area contributed by atoms with Crippen LogP contribution >= 0.6 is 0 Å². The molecule has 4 heterocycles. The van der Waals surface area contributed by atoms with E-state index < -0.39 is 47.2 Å². The Bertz CT molecular complexity index is 1400. The molecular weight excluding hydrogens is 610 g/mol. The number of aliphatic hydroxyl groups excluding tert-OH is 1. The number of nitrogens with zero attached hydrogens (tertiary/aromatic N) is 2. The zero-order chi connectivity index (χ0) is 34.7. The molecule has 2 fully saturated rings. The first-order chi connectivity index (χ1) is 22.8. The Morgan fingerprint density at radius 1 is 0.958 bits per heavy atom. The van der Waals surface area contributed by atoms with Crippen molar-refractivity contribution in [2.45, 2.75) is 109 Å². The van der Waals surface area contributed by atoms with Gasteiger partial charge in [-0.2, -0.15) is 0 Å². The van der Waals surface area contributed by atoms with Crippen molar-refractivity contribution in [3.05, 3.63) is 60.2 Å². The Hall–Kier alpha value is -3.50. The van der Waals surface area contributed by atoms with E-state index in [1.807, 2.05) is 53.5 Å². The van der Waals surface area contributed by atoms with Crippen LogP contribution in [0.3, 0.4) is 0 Å². The third kappa shape index (κ3) is 7.39. The number of carbonyl (C=O) groups excluding carboxylic acids is 4. The molecule has 0 unspecified atom stereocenters. The van der Waals surface area contributed by atoms with E-state index >= 15 is 4.79 Å². The minimum atomic E-state index is -1.31. The van der Waals surface area contributed by atoms with Crippen molar-refractivity contribution < 1.29 is 33.8 Å². The summed E-state index contributed by atoms with van der Waals surface area (Å²) in [5.41, 5.74) is -1.26. The standard InChI is InChI=1S/C38H53N3O7/c1-36(2,3)25-37(4,5)41-22-14-9-12-18-29(43)39-24-28(26-16-10-8-11-17-26)47-35(46)30-27-19-20-38(48-27)31(30)33(44)40(32(38)34(41)45)21-13-6-7-15-23-42/h8-11,14,16-17,19-20,27-28,30-32,42H,6-7,12-13,15,18,21-25H2,1-5H3,(H,39,43)/b14-9-/t27-,28-,30+,31+,32-,38+/m0/s1. The highest BCUT2D eigenvalue weighted by atomic mass is 16.6. The van der Waals surface area contributed by atoms with Gasteiger partial charge in [0.2, 0.25) is 17.7 Å². The molecule has 1 aromatic rings. The SMILES string of the molecule is CC(C)(C)CC(C)(C)N1C/C=C\CCC(=O)NC[C@@H](c2ccccc2)OC(=O)[C@@H]2[C@@H]3C=C[C@]4(O3)[C@H](C1=O)N(CCCCCCO)C(=O)[C@@H]24. The van der Waals surface area contributed by atoms with E-state index in [4.69, 9.17) is 9.47 Å². The van der Waals surface area contributed by atoms with Crippen LogP contribution in [0.2, 0.25) is 0 Å². The number of ether oxygens (including phenoxy) is 2. The smallest absolute Gasteiger partial charge is 0.313 e. The molecule has 0 radical (unpaired) electrons. The molecule has 5 bridgehead atoms. The van der Waals surface area contributed by atoms with E-state index in [1.165, 1.54) is 0 Å². The summed E-state index contributed by atoms with van der Waals surface area (Å²) < 4.78 is 12.8. The lowest BCUT2D eigenvalue weighted by Crippen LogP contribution is -2.60. The van der Waals surface area contributed by atoms with Crippen LogP contribution in [-0.2, 0) is 28.7 Å². The van der Waals surface area contributed by atoms with Gasteiger partial charge in [0.25, 0.3) is 0 Å². The number of unbranched alkanes of at least 4 members (excludes halogenated alkanes) is 3. The maximum absolute atomic E-state index is 15.1. The summed E-state index contributed by atoms with van der Waals surface area (Å²) in [6.45, 7) is 11.4. The molecule has 48 heavy (non-hydrogen) atoms. The number of carbonyl (C=O) groups is 4. The molecule has 2 N–H and O–H groups in total. The van der Waals surface area contributed by atoms with Crippen LogP contribution in [0, 0.1) is 17.3 Å². The van der Waals surface area contributed by atoms with Crippen LogP contribution in [-0.4, -0.2) is 88.1 Å². The number of aliphatic hydroxyl groups is 1. The Balaban J connectivity index is 1.56. The molecule has 3 amide bonds. The summed E-state index contributed by atoms with van der Waals surface area (Å²) in [5.74, 6) is -3.11. The van der Waals surface area contributed by atoms with Gasteiger partial charge in [-0.15, -0.1) is 0 Å². The lowest BCUT2D eigenvalue weighted by molar-refractivity contribution is -0.160. The van der Waals surface area contributed by atoms with Crippen molar-refractivity contribution in [3.63, 3.8) is 0 Å². The normalized spacial score (nSPS) is 30.4. The van der Waals surface area contributed by atoms with Crippen molar-refractivity contribution in [1.82, 2.24) is 15.1 Å². The van der Waals surface area contributed by atoms with E-state index in [0.29, 0.717) is 38.8 Å². The molecule has 0 aromatic heterocycles. The summed E-state index contributed by atoms with van der Waals surface area (Å²) in [5, 5.41) is 12.2. The Labute approximate surface area is 284 Å². The highest BCUT2D eigenvalue weighted by Crippen LogP contribution is 2.56. The van der Waals surface area contributed by atoms with Crippen molar-refractivity contribution in [2.24, 2.45) is 17.3 Å². The monoisotopic (exact) mass is 663 g/mol. The molecule has 2 saturated heterocycles. The molecule has 0 saturated carbocycles. The van der Waals surface area contributed by atoms with E-state index in [-0.39, 0.29) is 42.7 Å². The summed E-state index contributed by atoms with van der Waals surface area (Å²) in [4.78, 5) is 60.1. The second kappa shape index (κ2) is 14.5. The highest BCUT2D eigenvalue weighted by molar-refractivity contribution is 5.99. The Kier molecular flexibility index (Phi) is 10.8. The second-order valence-electron chi connectivity index (χ2n) is 15.5. The van der Waals surface area contributed by atoms with Crippen LogP contribution in [0.1, 0.15) is 91.2 Å². The number of nitrogens with one attached hydrogen (secondary N) is 1. The number of hydrogen-bond donors (Lipinski definition) is 2. The lowest BCUT2D eigenvalue weighted by Gasteiger charge is -2.45. The van der Waals surface area contributed by atoms with E-state index in [9.17, 15) is 19.5 Å². The molecule has 262 valence electrons. The molecule has 1 spiro atoms. The zero-order valence-electron chi connectivity index (χ0n) is 29.2. The first kappa shape index (κ1) is 35.8. The van der Waals surface area contributed by atoms with Gasteiger partial charge in [0.1, 0.15) is 23.7 Å². The Morgan fingerprint density at radius 3 is 2.40 bits per heavy atom. The summed E-state index contributed by atoms with van der Waals surface area (Å²) in [7, 11) is 0. The van der Waals surface area contributed by atoms with Gasteiger partial charge in [-0.1, -0.05) is 88.2 Å². The Morgan fingerprint density at radius 2 is 1.69 bits per heavy atom. The quantitative estimate of drug-likeness (QED) is 0.227. The molecule has 4 aliphatic rings. The number of hydrogen-bond acceptors (Lipinski definition) is 7. The molecule has 10 heteroatoms. The lowest BCUT2D eigenvalue weighted by atomic mass is 9.74. The van der Waals surface area contributed by atoms with Gasteiger partial charge in [0.15, 0.2) is 0 Å². The summed E-state index contributed by atoms with van der Waals surface area (Å²) in [6, 6.07) is 8.29. The number of likely N-dealkylation sites (tertiary alicyclic amines) is 1. The molecule has 1 aromatic carbocycles. The molecule has 4 aliphatic heterocycles. The average Bonchev–Trinajstić information content (AvgIpc) is 3.66. The highest BCUT2D eigenvalue weighted by Gasteiger charge is 2.73. The maximum Gasteiger partial charge on any atom is 0.313 e. The number of benzene rings is 1. The number of fused-ring (bicyclic) bond motifs is 2. The molecular formula is C38H53N3O7. The number of allylic oxidation sites excluding steroid dienone is 1. The van der Waals surface area contributed by atoms with Gasteiger partial charge in [-0.3, -0.25) is 19.2 Å². The minimum absolute atomic E-state index is 0.0893. The largest absolute Gasteiger partial charge is 0.455 e. The van der Waals surface area contributed by atoms with Crippen LogP contribution in [0.5, 0.6) is 0 Å². The fraction of sp³-hybridized carbons (Fsp3) is 0.632. The van der Waals surface area contributed by atoms with Crippen molar-refractivity contribution in [1.29, 1.82) is 0 Å². The van der Waals surface area contributed by atoms with Crippen molar-refractivity contribution >= 4 is 23.7 Å². The first-order valence-corrected chi connectivity index (χ1v) is 17.6. The van der Waals surface area contributed by atoms with Gasteiger partial charge in [-0.25, -0.2) is 0 Å². The fourth-order valence-corrected chi connectivity index (χ4v) is 8.30. The predicted octanol–water partition coefficient (Wildman–Crippen LogP) is 4.48. The third-order valence-electron chi connectivity index (χ3n) is 10.1. The molecule has 0 aliphatic carbocycles. The first-order valence-electron chi connectivity index (χ1n) is 17.6. The van der Waals surface area contributed by atoms with Gasteiger partial charge < -0.3 is 29.7 Å². The van der Waals surface area contributed by atoms with Crippen molar-refractivity contribution in [2.75, 3.05) is 26.2 Å². The van der Waals surface area contributed by atoms with Gasteiger partial charge in [0, 0.05) is 31.7 Å². The van der Waals surface area contributed by atoms with Gasteiger partial charge >= 0.3 is 5.97 Å².